The number of benzene rings is 2. The lowest BCUT2D eigenvalue weighted by atomic mass is 9.80. The number of phenolic OH excluding ortho intramolecular Hbond substituents is 2. The number of hydrogen-bond acceptors (Lipinski definition) is 4. The van der Waals surface area contributed by atoms with Crippen molar-refractivity contribution in [2.75, 3.05) is 7.11 Å². The monoisotopic (exact) mass is 295 g/mol. The van der Waals surface area contributed by atoms with Crippen molar-refractivity contribution < 1.29 is 15.1 Å². The molecule has 1 spiro atoms. The summed E-state index contributed by atoms with van der Waals surface area (Å²) < 4.78 is 0. The van der Waals surface area contributed by atoms with Crippen LogP contribution in [0.25, 0.3) is 0 Å². The number of aromatic hydroxyl groups is 2. The Labute approximate surface area is 128 Å². The molecule has 2 N–H and O–H groups in total. The van der Waals surface area contributed by atoms with Gasteiger partial charge in [0.15, 0.2) is 0 Å². The molecule has 1 unspecified atom stereocenters. The molecule has 4 heteroatoms. The average Bonchev–Trinajstić information content (AvgIpc) is 2.96. The first-order chi connectivity index (χ1) is 10.6. The van der Waals surface area contributed by atoms with Crippen LogP contribution in [0.1, 0.15) is 22.3 Å². The molecule has 0 bridgehead atoms. The highest BCUT2D eigenvalue weighted by molar-refractivity contribution is 6.09. The highest BCUT2D eigenvalue weighted by Crippen LogP contribution is 2.48. The summed E-state index contributed by atoms with van der Waals surface area (Å²) in [5, 5.41) is 23.8. The molecule has 1 atom stereocenters. The lowest BCUT2D eigenvalue weighted by molar-refractivity contribution is 0.208. The van der Waals surface area contributed by atoms with E-state index in [2.05, 4.69) is 5.16 Å². The molecule has 2 aliphatic rings. The van der Waals surface area contributed by atoms with Gasteiger partial charge < -0.3 is 15.1 Å². The van der Waals surface area contributed by atoms with Crippen molar-refractivity contribution in [3.63, 3.8) is 0 Å². The first-order valence-electron chi connectivity index (χ1n) is 7.36. The Hall–Kier alpha value is -2.49. The molecule has 2 aliphatic carbocycles. The molecule has 0 heterocycles. The third-order valence-electron chi connectivity index (χ3n) is 4.81. The summed E-state index contributed by atoms with van der Waals surface area (Å²) in [6.07, 6.45) is 2.53. The zero-order valence-electron chi connectivity index (χ0n) is 12.3. The van der Waals surface area contributed by atoms with Crippen LogP contribution in [0.5, 0.6) is 11.5 Å². The van der Waals surface area contributed by atoms with Crippen molar-refractivity contribution >= 4 is 5.71 Å². The smallest absolute Gasteiger partial charge is 0.115 e. The van der Waals surface area contributed by atoms with Crippen molar-refractivity contribution in [1.29, 1.82) is 0 Å². The minimum atomic E-state index is -0.137. The van der Waals surface area contributed by atoms with Gasteiger partial charge in [0.2, 0.25) is 0 Å². The zero-order chi connectivity index (χ0) is 15.3. The molecule has 0 radical (unpaired) electrons. The minimum absolute atomic E-state index is 0.137. The Morgan fingerprint density at radius 3 is 2.32 bits per heavy atom. The normalized spacial score (nSPS) is 23.8. The molecule has 4 rings (SSSR count). The van der Waals surface area contributed by atoms with Crippen LogP contribution in [-0.2, 0) is 24.1 Å². The molecule has 0 saturated carbocycles. The van der Waals surface area contributed by atoms with Crippen LogP contribution in [0.15, 0.2) is 41.6 Å². The zero-order valence-corrected chi connectivity index (χ0v) is 12.3. The molecule has 2 aromatic carbocycles. The van der Waals surface area contributed by atoms with Crippen molar-refractivity contribution in [2.45, 2.75) is 19.3 Å². The maximum Gasteiger partial charge on any atom is 0.115 e. The summed E-state index contributed by atoms with van der Waals surface area (Å²) in [5.74, 6) is 0.579. The fourth-order valence-electron chi connectivity index (χ4n) is 3.96. The summed E-state index contributed by atoms with van der Waals surface area (Å²) in [6.45, 7) is 0. The maximum atomic E-state index is 9.75. The van der Waals surface area contributed by atoms with E-state index in [4.69, 9.17) is 4.84 Å². The van der Waals surface area contributed by atoms with Crippen LogP contribution >= 0.6 is 0 Å². The van der Waals surface area contributed by atoms with Crippen LogP contribution in [0, 0.1) is 5.41 Å². The number of phenols is 2. The van der Waals surface area contributed by atoms with Gasteiger partial charge in [0, 0.05) is 11.0 Å². The Morgan fingerprint density at radius 2 is 1.55 bits per heavy atom. The number of nitrogens with zero attached hydrogens (tertiary/aromatic N) is 1. The molecule has 0 amide bonds. The molecule has 0 fully saturated rings. The Balaban J connectivity index is 1.82. The van der Waals surface area contributed by atoms with Gasteiger partial charge in [-0.2, -0.15) is 0 Å². The van der Waals surface area contributed by atoms with E-state index in [0.717, 1.165) is 36.1 Å². The van der Waals surface area contributed by atoms with E-state index in [1.165, 1.54) is 11.1 Å². The minimum Gasteiger partial charge on any atom is -0.508 e. The van der Waals surface area contributed by atoms with Crippen LogP contribution in [0.3, 0.4) is 0 Å². The van der Waals surface area contributed by atoms with Crippen LogP contribution in [-0.4, -0.2) is 23.0 Å². The van der Waals surface area contributed by atoms with Gasteiger partial charge in [0.05, 0.1) is 5.71 Å². The molecule has 112 valence electrons. The predicted molar refractivity (Wildman–Crippen MR) is 83.3 cm³/mol. The molecule has 0 saturated heterocycles. The third-order valence-corrected chi connectivity index (χ3v) is 4.81. The predicted octanol–water partition coefficient (Wildman–Crippen LogP) is 2.79. The first kappa shape index (κ1) is 13.2. The summed E-state index contributed by atoms with van der Waals surface area (Å²) in [6, 6.07) is 11.0. The van der Waals surface area contributed by atoms with Crippen molar-refractivity contribution in [2.24, 2.45) is 10.6 Å². The Bertz CT molecular complexity index is 793. The second kappa shape index (κ2) is 4.50. The van der Waals surface area contributed by atoms with Gasteiger partial charge >= 0.3 is 0 Å². The Kier molecular flexibility index (Phi) is 2.70. The number of rotatable bonds is 1. The molecule has 0 aliphatic heterocycles. The van der Waals surface area contributed by atoms with Crippen molar-refractivity contribution in [3.05, 3.63) is 58.7 Å². The van der Waals surface area contributed by atoms with Gasteiger partial charge in [0.25, 0.3) is 0 Å². The van der Waals surface area contributed by atoms with Gasteiger partial charge in [-0.25, -0.2) is 0 Å². The SMILES string of the molecule is CON=C1c2ccc(O)cc2CC12Cc1ccc(O)cc1C2. The van der Waals surface area contributed by atoms with E-state index in [1.54, 1.807) is 19.2 Å². The molecule has 4 nitrogen and oxygen atoms in total. The highest BCUT2D eigenvalue weighted by Gasteiger charge is 2.48. The quantitative estimate of drug-likeness (QED) is 0.795. The lowest BCUT2D eigenvalue weighted by Crippen LogP contribution is -2.29. The summed E-state index contributed by atoms with van der Waals surface area (Å²) in [7, 11) is 1.56. The van der Waals surface area contributed by atoms with E-state index < -0.39 is 0 Å². The molecule has 22 heavy (non-hydrogen) atoms. The molecule has 2 aromatic rings. The second-order valence-corrected chi connectivity index (χ2v) is 6.23. The molecular formula is C18H17NO3. The van der Waals surface area contributed by atoms with Crippen LogP contribution in [0.2, 0.25) is 0 Å². The first-order valence-corrected chi connectivity index (χ1v) is 7.36. The topological polar surface area (TPSA) is 62.0 Å². The number of fused-ring (bicyclic) bond motifs is 2. The highest BCUT2D eigenvalue weighted by atomic mass is 16.6. The van der Waals surface area contributed by atoms with Crippen LogP contribution in [0.4, 0.5) is 0 Å². The van der Waals surface area contributed by atoms with Gasteiger partial charge in [-0.05, 0) is 66.3 Å². The molecule has 0 aromatic heterocycles. The van der Waals surface area contributed by atoms with Crippen molar-refractivity contribution in [3.8, 4) is 11.5 Å². The Morgan fingerprint density at radius 1 is 0.909 bits per heavy atom. The fourth-order valence-corrected chi connectivity index (χ4v) is 3.96. The van der Waals surface area contributed by atoms with Crippen molar-refractivity contribution in [1.82, 2.24) is 0 Å². The summed E-state index contributed by atoms with van der Waals surface area (Å²) in [4.78, 5) is 5.10. The van der Waals surface area contributed by atoms with Gasteiger partial charge in [-0.3, -0.25) is 0 Å². The van der Waals surface area contributed by atoms with E-state index in [1.807, 2.05) is 24.3 Å². The van der Waals surface area contributed by atoms with Gasteiger partial charge in [-0.15, -0.1) is 0 Å². The average molecular weight is 295 g/mol. The summed E-state index contributed by atoms with van der Waals surface area (Å²) >= 11 is 0. The van der Waals surface area contributed by atoms with Gasteiger partial charge in [0.1, 0.15) is 18.6 Å². The van der Waals surface area contributed by atoms with Crippen LogP contribution < -0.4 is 0 Å². The van der Waals surface area contributed by atoms with E-state index in [9.17, 15) is 10.2 Å². The largest absolute Gasteiger partial charge is 0.508 e. The number of oxime groups is 1. The second-order valence-electron chi connectivity index (χ2n) is 6.23. The summed E-state index contributed by atoms with van der Waals surface area (Å²) in [5.41, 5.74) is 5.38. The maximum absolute atomic E-state index is 9.75. The lowest BCUT2D eigenvalue weighted by Gasteiger charge is -2.23. The van der Waals surface area contributed by atoms with E-state index in [0.29, 0.717) is 5.75 Å². The molecular weight excluding hydrogens is 278 g/mol. The van der Waals surface area contributed by atoms with E-state index >= 15 is 0 Å². The third kappa shape index (κ3) is 1.80. The van der Waals surface area contributed by atoms with E-state index in [-0.39, 0.29) is 11.2 Å². The number of hydrogen-bond donors (Lipinski definition) is 2. The van der Waals surface area contributed by atoms with Gasteiger partial charge in [-0.1, -0.05) is 11.2 Å². The fraction of sp³-hybridized carbons (Fsp3) is 0.278. The standard InChI is InChI=1S/C18H17NO3/c1-22-19-17-16-5-4-15(21)7-13(16)10-18(17)8-11-2-3-14(20)6-12(11)9-18/h2-7,20-21H,8-10H2,1H3.